The molecule has 25 heavy (non-hydrogen) atoms. The van der Waals surface area contributed by atoms with Crippen molar-refractivity contribution in [3.8, 4) is 10.7 Å². The molecule has 0 aliphatic heterocycles. The number of aromatic nitrogens is 3. The average molecular weight is 344 g/mol. The highest BCUT2D eigenvalue weighted by molar-refractivity contribution is 7.18. The van der Waals surface area contributed by atoms with Crippen molar-refractivity contribution in [2.45, 2.75) is 6.04 Å². The largest absolute Gasteiger partial charge is 0.349 e. The smallest absolute Gasteiger partial charge is 0.206 e. The molecule has 0 radical (unpaired) electrons. The fourth-order valence-corrected chi connectivity index (χ4v) is 3.40. The normalized spacial score (nSPS) is 10.8. The van der Waals surface area contributed by atoms with Crippen molar-refractivity contribution in [2.75, 3.05) is 5.32 Å². The van der Waals surface area contributed by atoms with Gasteiger partial charge in [0.05, 0.1) is 6.04 Å². The molecule has 4 rings (SSSR count). The number of nitrogens with one attached hydrogen (secondary N) is 1. The van der Waals surface area contributed by atoms with Crippen LogP contribution >= 0.6 is 11.3 Å². The molecule has 2 aromatic carbocycles. The monoisotopic (exact) mass is 344 g/mol. The summed E-state index contributed by atoms with van der Waals surface area (Å²) in [5.41, 5.74) is 3.20. The predicted molar refractivity (Wildman–Crippen MR) is 101 cm³/mol. The van der Waals surface area contributed by atoms with Crippen LogP contribution in [0.3, 0.4) is 0 Å². The van der Waals surface area contributed by atoms with Gasteiger partial charge in [-0.15, -0.1) is 10.2 Å². The lowest BCUT2D eigenvalue weighted by Crippen LogP contribution is -2.12. The minimum absolute atomic E-state index is 0.0203. The lowest BCUT2D eigenvalue weighted by molar-refractivity contribution is 0.923. The van der Waals surface area contributed by atoms with E-state index in [1.54, 1.807) is 6.20 Å². The number of anilines is 1. The van der Waals surface area contributed by atoms with Crippen LogP contribution in [0.2, 0.25) is 0 Å². The quantitative estimate of drug-likeness (QED) is 0.565. The van der Waals surface area contributed by atoms with E-state index in [1.807, 2.05) is 54.6 Å². The zero-order chi connectivity index (χ0) is 16.9. The molecule has 4 aromatic rings. The molecular formula is C20H16N4S. The summed E-state index contributed by atoms with van der Waals surface area (Å²) in [6.45, 7) is 0. The molecule has 0 saturated heterocycles. The minimum atomic E-state index is 0.0203. The molecule has 0 saturated carbocycles. The maximum Gasteiger partial charge on any atom is 0.206 e. The van der Waals surface area contributed by atoms with E-state index < -0.39 is 0 Å². The van der Waals surface area contributed by atoms with Crippen LogP contribution in [0.15, 0.2) is 85.1 Å². The van der Waals surface area contributed by atoms with E-state index in [0.717, 1.165) is 15.8 Å². The Hall–Kier alpha value is -3.05. The molecule has 2 heterocycles. The summed E-state index contributed by atoms with van der Waals surface area (Å²) in [4.78, 5) is 4.34. The summed E-state index contributed by atoms with van der Waals surface area (Å²) in [6.07, 6.45) is 1.76. The first-order valence-electron chi connectivity index (χ1n) is 8.01. The van der Waals surface area contributed by atoms with Gasteiger partial charge in [0.2, 0.25) is 5.13 Å². The second-order valence-corrected chi connectivity index (χ2v) is 6.50. The van der Waals surface area contributed by atoms with Gasteiger partial charge in [0.25, 0.3) is 0 Å². The van der Waals surface area contributed by atoms with Crippen LogP contribution in [0.25, 0.3) is 10.7 Å². The first-order valence-corrected chi connectivity index (χ1v) is 8.83. The van der Waals surface area contributed by atoms with Crippen LogP contribution in [0.5, 0.6) is 0 Å². The van der Waals surface area contributed by atoms with Gasteiger partial charge in [0.1, 0.15) is 5.69 Å². The van der Waals surface area contributed by atoms with Crippen molar-refractivity contribution in [3.05, 3.63) is 96.2 Å². The maximum absolute atomic E-state index is 4.34. The van der Waals surface area contributed by atoms with Crippen LogP contribution in [-0.2, 0) is 0 Å². The first kappa shape index (κ1) is 15.5. The van der Waals surface area contributed by atoms with Crippen LogP contribution in [0, 0.1) is 0 Å². The molecule has 0 spiro atoms. The first-order chi connectivity index (χ1) is 12.4. The molecule has 2 aromatic heterocycles. The zero-order valence-electron chi connectivity index (χ0n) is 13.4. The lowest BCUT2D eigenvalue weighted by Gasteiger charge is -2.18. The summed E-state index contributed by atoms with van der Waals surface area (Å²) in [5.74, 6) is 0. The number of rotatable bonds is 5. The molecule has 0 unspecified atom stereocenters. The lowest BCUT2D eigenvalue weighted by atomic mass is 9.99. The number of pyridine rings is 1. The number of nitrogens with zero attached hydrogens (tertiary/aromatic N) is 3. The second-order valence-electron chi connectivity index (χ2n) is 5.53. The van der Waals surface area contributed by atoms with Gasteiger partial charge < -0.3 is 5.32 Å². The fourth-order valence-electron chi connectivity index (χ4n) is 2.65. The number of hydrogen-bond donors (Lipinski definition) is 1. The molecule has 1 N–H and O–H groups in total. The Labute approximate surface area is 150 Å². The van der Waals surface area contributed by atoms with Crippen molar-refractivity contribution in [3.63, 3.8) is 0 Å². The zero-order valence-corrected chi connectivity index (χ0v) is 14.2. The van der Waals surface area contributed by atoms with E-state index >= 15 is 0 Å². The van der Waals surface area contributed by atoms with Gasteiger partial charge in [-0.3, -0.25) is 4.98 Å². The van der Waals surface area contributed by atoms with Crippen molar-refractivity contribution in [1.82, 2.24) is 15.2 Å². The van der Waals surface area contributed by atoms with Gasteiger partial charge >= 0.3 is 0 Å². The molecule has 4 nitrogen and oxygen atoms in total. The van der Waals surface area contributed by atoms with E-state index in [-0.39, 0.29) is 6.04 Å². The molecule has 122 valence electrons. The van der Waals surface area contributed by atoms with Crippen molar-refractivity contribution >= 4 is 16.5 Å². The Bertz CT molecular complexity index is 884. The third-order valence-corrected chi connectivity index (χ3v) is 4.72. The summed E-state index contributed by atoms with van der Waals surface area (Å²) < 4.78 is 0. The Balaban J connectivity index is 1.65. The van der Waals surface area contributed by atoms with E-state index in [0.29, 0.717) is 0 Å². The third-order valence-electron chi connectivity index (χ3n) is 3.84. The second kappa shape index (κ2) is 7.23. The average Bonchev–Trinajstić information content (AvgIpc) is 3.17. The van der Waals surface area contributed by atoms with Crippen molar-refractivity contribution < 1.29 is 0 Å². The summed E-state index contributed by atoms with van der Waals surface area (Å²) >= 11 is 1.51. The Morgan fingerprint density at radius 1 is 0.720 bits per heavy atom. The van der Waals surface area contributed by atoms with E-state index in [1.165, 1.54) is 22.5 Å². The fraction of sp³-hybridized carbons (Fsp3) is 0.0500. The molecular weight excluding hydrogens is 328 g/mol. The van der Waals surface area contributed by atoms with Gasteiger partial charge in [-0.2, -0.15) is 0 Å². The predicted octanol–water partition coefficient (Wildman–Crippen LogP) is 4.80. The van der Waals surface area contributed by atoms with E-state index in [4.69, 9.17) is 0 Å². The highest BCUT2D eigenvalue weighted by Gasteiger charge is 2.16. The standard InChI is InChI=1S/C20H16N4S/c1-3-9-15(10-4-1)18(16-11-5-2-6-12-16)22-20-24-23-19(25-20)17-13-7-8-14-21-17/h1-14,18H,(H,22,24). The third kappa shape index (κ3) is 3.56. The molecule has 0 amide bonds. The van der Waals surface area contributed by atoms with Gasteiger partial charge in [-0.1, -0.05) is 78.1 Å². The molecule has 0 bridgehead atoms. The summed E-state index contributed by atoms with van der Waals surface area (Å²) in [5, 5.41) is 13.7. The van der Waals surface area contributed by atoms with Gasteiger partial charge in [0, 0.05) is 6.20 Å². The Kier molecular flexibility index (Phi) is 4.48. The van der Waals surface area contributed by atoms with Gasteiger partial charge in [-0.05, 0) is 23.3 Å². The molecule has 0 aliphatic rings. The summed E-state index contributed by atoms with van der Waals surface area (Å²) in [7, 11) is 0. The van der Waals surface area contributed by atoms with E-state index in [9.17, 15) is 0 Å². The SMILES string of the molecule is c1ccc(C(Nc2nnc(-c3ccccn3)s2)c2ccccc2)cc1. The molecule has 0 atom stereocenters. The van der Waals surface area contributed by atoms with Crippen LogP contribution in [0.1, 0.15) is 17.2 Å². The van der Waals surface area contributed by atoms with Crippen LogP contribution < -0.4 is 5.32 Å². The molecule has 0 aliphatic carbocycles. The van der Waals surface area contributed by atoms with Crippen LogP contribution in [0.4, 0.5) is 5.13 Å². The van der Waals surface area contributed by atoms with Crippen LogP contribution in [-0.4, -0.2) is 15.2 Å². The van der Waals surface area contributed by atoms with Gasteiger partial charge in [0.15, 0.2) is 5.01 Å². The van der Waals surface area contributed by atoms with E-state index in [2.05, 4.69) is 44.8 Å². The Morgan fingerprint density at radius 3 is 1.96 bits per heavy atom. The Morgan fingerprint density at radius 2 is 1.36 bits per heavy atom. The maximum atomic E-state index is 4.34. The topological polar surface area (TPSA) is 50.7 Å². The highest BCUT2D eigenvalue weighted by atomic mass is 32.1. The number of hydrogen-bond acceptors (Lipinski definition) is 5. The highest BCUT2D eigenvalue weighted by Crippen LogP contribution is 2.30. The van der Waals surface area contributed by atoms with Crippen molar-refractivity contribution in [1.29, 1.82) is 0 Å². The number of benzene rings is 2. The molecule has 0 fully saturated rings. The minimum Gasteiger partial charge on any atom is -0.349 e. The summed E-state index contributed by atoms with van der Waals surface area (Å²) in [6, 6.07) is 26.5. The molecule has 5 heteroatoms. The van der Waals surface area contributed by atoms with Crippen molar-refractivity contribution in [2.24, 2.45) is 0 Å². The van der Waals surface area contributed by atoms with Gasteiger partial charge in [-0.25, -0.2) is 0 Å².